The second kappa shape index (κ2) is 7.06. The van der Waals surface area contributed by atoms with Crippen molar-refractivity contribution in [2.45, 2.75) is 13.0 Å². The molecule has 2 rings (SSSR count). The highest BCUT2D eigenvalue weighted by Gasteiger charge is 2.17. The average molecular weight is 343 g/mol. The van der Waals surface area contributed by atoms with Crippen LogP contribution in [-0.4, -0.2) is 58.7 Å². The summed E-state index contributed by atoms with van der Waals surface area (Å²) < 4.78 is 0.952. The summed E-state index contributed by atoms with van der Waals surface area (Å²) in [6, 6.07) is 5.43. The van der Waals surface area contributed by atoms with Gasteiger partial charge in [-0.25, -0.2) is 0 Å². The maximum Gasteiger partial charge on any atom is 0.317 e. The molecular formula is C14H19BrN2O3. The molecule has 0 aliphatic carbocycles. The molecule has 6 heteroatoms. The Morgan fingerprint density at radius 1 is 1.20 bits per heavy atom. The van der Waals surface area contributed by atoms with Crippen LogP contribution in [0.15, 0.2) is 22.7 Å². The van der Waals surface area contributed by atoms with Crippen LogP contribution < -0.4 is 0 Å². The van der Waals surface area contributed by atoms with Gasteiger partial charge in [-0.1, -0.05) is 15.9 Å². The summed E-state index contributed by atoms with van der Waals surface area (Å²) in [5.74, 6) is -0.470. The number of phenols is 1. The molecule has 0 amide bonds. The normalized spacial score (nSPS) is 17.9. The number of halogens is 1. The molecule has 0 unspecified atom stereocenters. The van der Waals surface area contributed by atoms with E-state index < -0.39 is 5.97 Å². The third kappa shape index (κ3) is 4.47. The molecule has 5 nitrogen and oxygen atoms in total. The molecule has 1 saturated heterocycles. The highest BCUT2D eigenvalue weighted by atomic mass is 79.9. The van der Waals surface area contributed by atoms with Crippen molar-refractivity contribution in [1.82, 2.24) is 9.80 Å². The Bertz CT molecular complexity index is 481. The van der Waals surface area contributed by atoms with Crippen molar-refractivity contribution in [1.29, 1.82) is 0 Å². The Hall–Kier alpha value is -1.11. The molecule has 0 bridgehead atoms. The molecule has 2 N–H and O–H groups in total. The Morgan fingerprint density at radius 2 is 1.90 bits per heavy atom. The molecule has 0 saturated carbocycles. The van der Waals surface area contributed by atoms with Crippen molar-refractivity contribution in [2.75, 3.05) is 32.7 Å². The van der Waals surface area contributed by atoms with Gasteiger partial charge in [-0.05, 0) is 31.2 Å². The number of carbonyl (C=O) groups is 1. The summed E-state index contributed by atoms with van der Waals surface area (Å²) in [5.41, 5.74) is 0.894. The second-order valence-corrected chi connectivity index (χ2v) is 5.99. The first-order valence-corrected chi connectivity index (χ1v) is 7.48. The third-order valence-electron chi connectivity index (χ3n) is 3.48. The fourth-order valence-corrected chi connectivity index (χ4v) is 2.86. The Kier molecular flexibility index (Phi) is 5.39. The van der Waals surface area contributed by atoms with E-state index in [0.717, 1.165) is 42.6 Å². The van der Waals surface area contributed by atoms with Crippen molar-refractivity contribution in [2.24, 2.45) is 0 Å². The zero-order valence-electron chi connectivity index (χ0n) is 11.3. The standard InChI is InChI=1S/C14H19BrN2O3/c15-12-2-3-13(18)11(8-12)9-16-4-1-5-17(7-6-16)10-14(19)20/h2-3,8,18H,1,4-7,9-10H2,(H,19,20). The summed E-state index contributed by atoms with van der Waals surface area (Å²) in [5, 5.41) is 18.7. The molecule has 0 aromatic heterocycles. The van der Waals surface area contributed by atoms with Gasteiger partial charge in [0.05, 0.1) is 6.54 Å². The van der Waals surface area contributed by atoms with E-state index in [0.29, 0.717) is 12.3 Å². The van der Waals surface area contributed by atoms with Crippen LogP contribution in [0.5, 0.6) is 5.75 Å². The van der Waals surface area contributed by atoms with Gasteiger partial charge >= 0.3 is 5.97 Å². The molecule has 20 heavy (non-hydrogen) atoms. The van der Waals surface area contributed by atoms with E-state index in [-0.39, 0.29) is 6.54 Å². The number of phenolic OH excluding ortho intramolecular Hbond substituents is 1. The predicted molar refractivity (Wildman–Crippen MR) is 79.8 cm³/mol. The minimum absolute atomic E-state index is 0.107. The van der Waals surface area contributed by atoms with Gasteiger partial charge in [-0.2, -0.15) is 0 Å². The molecule has 1 aliphatic rings. The number of benzene rings is 1. The molecule has 1 fully saturated rings. The zero-order valence-corrected chi connectivity index (χ0v) is 12.8. The van der Waals surface area contributed by atoms with E-state index in [1.165, 1.54) is 0 Å². The predicted octanol–water partition coefficient (Wildman–Crippen LogP) is 1.75. The van der Waals surface area contributed by atoms with Gasteiger partial charge in [-0.15, -0.1) is 0 Å². The Balaban J connectivity index is 1.94. The molecule has 1 aromatic rings. The van der Waals surface area contributed by atoms with Gasteiger partial charge in [-0.3, -0.25) is 14.6 Å². The topological polar surface area (TPSA) is 64.0 Å². The number of nitrogens with zero attached hydrogens (tertiary/aromatic N) is 2. The van der Waals surface area contributed by atoms with Crippen LogP contribution in [0, 0.1) is 0 Å². The van der Waals surface area contributed by atoms with Crippen LogP contribution in [-0.2, 0) is 11.3 Å². The van der Waals surface area contributed by atoms with Gasteiger partial charge < -0.3 is 10.2 Å². The van der Waals surface area contributed by atoms with Crippen molar-refractivity contribution < 1.29 is 15.0 Å². The number of rotatable bonds is 4. The summed E-state index contributed by atoms with van der Waals surface area (Å²) >= 11 is 3.41. The molecule has 0 atom stereocenters. The molecule has 0 radical (unpaired) electrons. The second-order valence-electron chi connectivity index (χ2n) is 5.07. The highest BCUT2D eigenvalue weighted by molar-refractivity contribution is 9.10. The van der Waals surface area contributed by atoms with E-state index in [1.54, 1.807) is 6.07 Å². The zero-order chi connectivity index (χ0) is 14.5. The molecular weight excluding hydrogens is 324 g/mol. The summed E-state index contributed by atoms with van der Waals surface area (Å²) in [4.78, 5) is 15.0. The third-order valence-corrected chi connectivity index (χ3v) is 3.97. The monoisotopic (exact) mass is 342 g/mol. The lowest BCUT2D eigenvalue weighted by Crippen LogP contribution is -2.34. The molecule has 110 valence electrons. The van der Waals surface area contributed by atoms with Gasteiger partial charge in [0, 0.05) is 36.2 Å². The number of aliphatic carboxylic acids is 1. The van der Waals surface area contributed by atoms with E-state index in [9.17, 15) is 9.90 Å². The highest BCUT2D eigenvalue weighted by Crippen LogP contribution is 2.23. The van der Waals surface area contributed by atoms with Crippen LogP contribution in [0.2, 0.25) is 0 Å². The number of carboxylic acids is 1. The summed E-state index contributed by atoms with van der Waals surface area (Å²) in [6.07, 6.45) is 0.946. The fourth-order valence-electron chi connectivity index (χ4n) is 2.45. The fraction of sp³-hybridized carbons (Fsp3) is 0.500. The minimum Gasteiger partial charge on any atom is -0.508 e. The molecule has 1 aliphatic heterocycles. The van der Waals surface area contributed by atoms with Crippen LogP contribution in [0.4, 0.5) is 0 Å². The van der Waals surface area contributed by atoms with Crippen molar-refractivity contribution in [3.63, 3.8) is 0 Å². The van der Waals surface area contributed by atoms with Crippen LogP contribution in [0.25, 0.3) is 0 Å². The maximum absolute atomic E-state index is 10.7. The van der Waals surface area contributed by atoms with E-state index in [2.05, 4.69) is 20.8 Å². The van der Waals surface area contributed by atoms with Crippen LogP contribution in [0.1, 0.15) is 12.0 Å². The largest absolute Gasteiger partial charge is 0.508 e. The molecule has 1 heterocycles. The molecule has 1 aromatic carbocycles. The van der Waals surface area contributed by atoms with Crippen LogP contribution in [0.3, 0.4) is 0 Å². The lowest BCUT2D eigenvalue weighted by molar-refractivity contribution is -0.138. The Morgan fingerprint density at radius 3 is 2.65 bits per heavy atom. The number of carboxylic acid groups (broad SMARTS) is 1. The van der Waals surface area contributed by atoms with Crippen molar-refractivity contribution in [3.8, 4) is 5.75 Å². The first-order chi connectivity index (χ1) is 9.54. The summed E-state index contributed by atoms with van der Waals surface area (Å²) in [7, 11) is 0. The van der Waals surface area contributed by atoms with Gasteiger partial charge in [0.15, 0.2) is 0 Å². The van der Waals surface area contributed by atoms with E-state index in [4.69, 9.17) is 5.11 Å². The van der Waals surface area contributed by atoms with Crippen molar-refractivity contribution in [3.05, 3.63) is 28.2 Å². The smallest absolute Gasteiger partial charge is 0.317 e. The van der Waals surface area contributed by atoms with E-state index >= 15 is 0 Å². The van der Waals surface area contributed by atoms with Crippen LogP contribution >= 0.6 is 15.9 Å². The lowest BCUT2D eigenvalue weighted by Gasteiger charge is -2.21. The van der Waals surface area contributed by atoms with Gasteiger partial charge in [0.2, 0.25) is 0 Å². The molecule has 0 spiro atoms. The van der Waals surface area contributed by atoms with Gasteiger partial charge in [0.25, 0.3) is 0 Å². The first-order valence-electron chi connectivity index (χ1n) is 6.68. The Labute approximate surface area is 126 Å². The van der Waals surface area contributed by atoms with Crippen molar-refractivity contribution >= 4 is 21.9 Å². The average Bonchev–Trinajstić information content (AvgIpc) is 2.59. The summed E-state index contributed by atoms with van der Waals surface area (Å²) in [6.45, 7) is 4.10. The number of aromatic hydroxyl groups is 1. The SMILES string of the molecule is O=C(O)CN1CCCN(Cc2cc(Br)ccc2O)CC1. The first kappa shape index (κ1) is 15.3. The number of hydrogen-bond acceptors (Lipinski definition) is 4. The van der Waals surface area contributed by atoms with Gasteiger partial charge in [0.1, 0.15) is 5.75 Å². The maximum atomic E-state index is 10.7. The minimum atomic E-state index is -0.775. The van der Waals surface area contributed by atoms with E-state index in [1.807, 2.05) is 17.0 Å². The number of hydrogen-bond donors (Lipinski definition) is 2. The quantitative estimate of drug-likeness (QED) is 0.872. The lowest BCUT2D eigenvalue weighted by atomic mass is 10.2.